The summed E-state index contributed by atoms with van der Waals surface area (Å²) in [5, 5.41) is 3.76. The van der Waals surface area contributed by atoms with Gasteiger partial charge in [-0.3, -0.25) is 0 Å². The average Bonchev–Trinajstić information content (AvgIpc) is 2.65. The molecule has 0 aliphatic carbocycles. The van der Waals surface area contributed by atoms with E-state index in [1.807, 2.05) is 0 Å². The van der Waals surface area contributed by atoms with Crippen molar-refractivity contribution in [2.24, 2.45) is 17.8 Å². The summed E-state index contributed by atoms with van der Waals surface area (Å²) in [4.78, 5) is 2.74. The molecule has 3 saturated heterocycles. The molecular formula is C16H30N2. The second kappa shape index (κ2) is 5.50. The Morgan fingerprint density at radius 1 is 0.944 bits per heavy atom. The molecule has 0 aromatic heterocycles. The highest BCUT2D eigenvalue weighted by Gasteiger charge is 2.33. The van der Waals surface area contributed by atoms with Crippen LogP contribution in [0.5, 0.6) is 0 Å². The third-order valence-corrected chi connectivity index (χ3v) is 5.37. The van der Waals surface area contributed by atoms with Gasteiger partial charge in [0.1, 0.15) is 0 Å². The molecule has 0 aromatic carbocycles. The maximum absolute atomic E-state index is 3.76. The summed E-state index contributed by atoms with van der Waals surface area (Å²) in [5.74, 6) is 2.84. The van der Waals surface area contributed by atoms with Crippen molar-refractivity contribution >= 4 is 0 Å². The van der Waals surface area contributed by atoms with E-state index in [4.69, 9.17) is 0 Å². The maximum Gasteiger partial charge on any atom is 0.00728 e. The number of nitrogens with one attached hydrogen (secondary N) is 1. The second-order valence-electron chi connectivity index (χ2n) is 7.47. The van der Waals surface area contributed by atoms with Crippen LogP contribution in [0.4, 0.5) is 0 Å². The van der Waals surface area contributed by atoms with Crippen molar-refractivity contribution in [2.45, 2.75) is 64.5 Å². The van der Waals surface area contributed by atoms with Gasteiger partial charge in [-0.2, -0.15) is 0 Å². The fraction of sp³-hybridized carbons (Fsp3) is 1.00. The largest absolute Gasteiger partial charge is 0.311 e. The first-order valence-electron chi connectivity index (χ1n) is 8.17. The van der Waals surface area contributed by atoms with Gasteiger partial charge in [-0.15, -0.1) is 0 Å². The Morgan fingerprint density at radius 3 is 2.17 bits per heavy atom. The third-order valence-electron chi connectivity index (χ3n) is 5.37. The summed E-state index contributed by atoms with van der Waals surface area (Å²) < 4.78 is 0. The van der Waals surface area contributed by atoms with Crippen molar-refractivity contribution in [3.63, 3.8) is 0 Å². The fourth-order valence-electron chi connectivity index (χ4n) is 4.75. The van der Waals surface area contributed by atoms with Crippen LogP contribution >= 0.6 is 0 Å². The Kier molecular flexibility index (Phi) is 3.95. The summed E-state index contributed by atoms with van der Waals surface area (Å²) in [6.07, 6.45) is 8.69. The summed E-state index contributed by atoms with van der Waals surface area (Å²) in [6.45, 7) is 8.91. The SMILES string of the molecule is CC1CC(C)CN(CCC2CC3CCC(C2)N3)C1. The molecule has 4 atom stereocenters. The van der Waals surface area contributed by atoms with Gasteiger partial charge in [0.2, 0.25) is 0 Å². The van der Waals surface area contributed by atoms with E-state index in [1.165, 1.54) is 58.2 Å². The van der Waals surface area contributed by atoms with E-state index in [0.717, 1.165) is 29.8 Å². The standard InChI is InChI=1S/C16H30N2/c1-12-7-13(2)11-18(10-12)6-5-14-8-15-3-4-16(9-14)17-15/h12-17H,3-11H2,1-2H3. The predicted octanol–water partition coefficient (Wildman–Crippen LogP) is 2.89. The summed E-state index contributed by atoms with van der Waals surface area (Å²) in [5.41, 5.74) is 0. The molecule has 0 amide bonds. The molecule has 0 spiro atoms. The van der Waals surface area contributed by atoms with Crippen LogP contribution in [0.2, 0.25) is 0 Å². The van der Waals surface area contributed by atoms with Crippen molar-refractivity contribution < 1.29 is 0 Å². The zero-order chi connectivity index (χ0) is 12.5. The van der Waals surface area contributed by atoms with Gasteiger partial charge < -0.3 is 10.2 Å². The van der Waals surface area contributed by atoms with E-state index in [1.54, 1.807) is 0 Å². The number of hydrogen-bond donors (Lipinski definition) is 1. The van der Waals surface area contributed by atoms with Crippen LogP contribution in [0.3, 0.4) is 0 Å². The van der Waals surface area contributed by atoms with E-state index in [-0.39, 0.29) is 0 Å². The molecule has 3 heterocycles. The minimum Gasteiger partial charge on any atom is -0.311 e. The second-order valence-corrected chi connectivity index (χ2v) is 7.47. The fourth-order valence-corrected chi connectivity index (χ4v) is 4.75. The topological polar surface area (TPSA) is 15.3 Å². The lowest BCUT2D eigenvalue weighted by Gasteiger charge is -2.37. The highest BCUT2D eigenvalue weighted by molar-refractivity contribution is 4.92. The molecule has 0 saturated carbocycles. The maximum atomic E-state index is 3.76. The van der Waals surface area contributed by atoms with Crippen molar-refractivity contribution in [3.05, 3.63) is 0 Å². The lowest BCUT2D eigenvalue weighted by Crippen LogP contribution is -2.42. The first-order valence-corrected chi connectivity index (χ1v) is 8.17. The monoisotopic (exact) mass is 250 g/mol. The molecule has 2 heteroatoms. The van der Waals surface area contributed by atoms with Gasteiger partial charge in [0, 0.05) is 25.2 Å². The Balaban J connectivity index is 1.43. The molecule has 3 aliphatic heterocycles. The van der Waals surface area contributed by atoms with Crippen LogP contribution in [0.25, 0.3) is 0 Å². The highest BCUT2D eigenvalue weighted by Crippen LogP contribution is 2.33. The summed E-state index contributed by atoms with van der Waals surface area (Å²) in [7, 11) is 0. The van der Waals surface area contributed by atoms with Gasteiger partial charge in [0.05, 0.1) is 0 Å². The van der Waals surface area contributed by atoms with Gasteiger partial charge in [-0.05, 0) is 62.8 Å². The number of rotatable bonds is 3. The van der Waals surface area contributed by atoms with Gasteiger partial charge >= 0.3 is 0 Å². The number of likely N-dealkylation sites (tertiary alicyclic amines) is 1. The number of hydrogen-bond acceptors (Lipinski definition) is 2. The quantitative estimate of drug-likeness (QED) is 0.828. The molecule has 2 bridgehead atoms. The molecule has 0 aromatic rings. The molecule has 1 N–H and O–H groups in total. The third kappa shape index (κ3) is 3.08. The molecule has 3 aliphatic rings. The van der Waals surface area contributed by atoms with E-state index in [0.29, 0.717) is 0 Å². The normalized spacial score (nSPS) is 45.3. The van der Waals surface area contributed by atoms with Crippen LogP contribution in [0.15, 0.2) is 0 Å². The minimum absolute atomic E-state index is 0.868. The van der Waals surface area contributed by atoms with Crippen LogP contribution in [-0.4, -0.2) is 36.6 Å². The number of fused-ring (bicyclic) bond motifs is 2. The Bertz CT molecular complexity index is 254. The van der Waals surface area contributed by atoms with E-state index < -0.39 is 0 Å². The molecule has 104 valence electrons. The number of nitrogens with zero attached hydrogens (tertiary/aromatic N) is 1. The smallest absolute Gasteiger partial charge is 0.00728 e. The molecule has 3 fully saturated rings. The van der Waals surface area contributed by atoms with Crippen molar-refractivity contribution in [1.82, 2.24) is 10.2 Å². The van der Waals surface area contributed by atoms with Crippen LogP contribution in [0, 0.1) is 17.8 Å². The van der Waals surface area contributed by atoms with Gasteiger partial charge in [-0.1, -0.05) is 13.8 Å². The highest BCUT2D eigenvalue weighted by atomic mass is 15.1. The first-order chi connectivity index (χ1) is 8.69. The Labute approximate surface area is 113 Å². The van der Waals surface area contributed by atoms with Gasteiger partial charge in [0.15, 0.2) is 0 Å². The predicted molar refractivity (Wildman–Crippen MR) is 76.7 cm³/mol. The Hall–Kier alpha value is -0.0800. The average molecular weight is 250 g/mol. The van der Waals surface area contributed by atoms with Gasteiger partial charge in [0.25, 0.3) is 0 Å². The molecule has 2 nitrogen and oxygen atoms in total. The van der Waals surface area contributed by atoms with Crippen LogP contribution < -0.4 is 5.32 Å². The lowest BCUT2D eigenvalue weighted by molar-refractivity contribution is 0.127. The first kappa shape index (κ1) is 12.9. The summed E-state index contributed by atoms with van der Waals surface area (Å²) in [6, 6.07) is 1.74. The minimum atomic E-state index is 0.868. The van der Waals surface area contributed by atoms with E-state index in [2.05, 4.69) is 24.1 Å². The zero-order valence-electron chi connectivity index (χ0n) is 12.2. The van der Waals surface area contributed by atoms with Gasteiger partial charge in [-0.25, -0.2) is 0 Å². The van der Waals surface area contributed by atoms with Crippen molar-refractivity contribution in [2.75, 3.05) is 19.6 Å². The molecular weight excluding hydrogens is 220 g/mol. The Morgan fingerprint density at radius 2 is 1.56 bits per heavy atom. The molecule has 4 unspecified atom stereocenters. The molecule has 3 rings (SSSR count). The van der Waals surface area contributed by atoms with E-state index >= 15 is 0 Å². The molecule has 18 heavy (non-hydrogen) atoms. The number of piperidine rings is 2. The lowest BCUT2D eigenvalue weighted by atomic mass is 9.88. The van der Waals surface area contributed by atoms with Crippen LogP contribution in [-0.2, 0) is 0 Å². The zero-order valence-corrected chi connectivity index (χ0v) is 12.2. The van der Waals surface area contributed by atoms with Crippen molar-refractivity contribution in [1.29, 1.82) is 0 Å². The van der Waals surface area contributed by atoms with E-state index in [9.17, 15) is 0 Å². The van der Waals surface area contributed by atoms with Crippen molar-refractivity contribution in [3.8, 4) is 0 Å². The van der Waals surface area contributed by atoms with Crippen LogP contribution in [0.1, 0.15) is 52.4 Å². The molecule has 0 radical (unpaired) electrons. The summed E-state index contributed by atoms with van der Waals surface area (Å²) >= 11 is 0.